The van der Waals surface area contributed by atoms with Crippen molar-refractivity contribution in [2.24, 2.45) is 5.16 Å². The molecule has 0 amide bonds. The van der Waals surface area contributed by atoms with E-state index in [1.807, 2.05) is 31.2 Å². The minimum atomic E-state index is 0.864. The van der Waals surface area contributed by atoms with E-state index in [9.17, 15) is 0 Å². The van der Waals surface area contributed by atoms with Crippen molar-refractivity contribution in [1.29, 1.82) is 0 Å². The highest BCUT2D eigenvalue weighted by Crippen LogP contribution is 2.07. The monoisotopic (exact) mass is 150 g/mol. The number of oxime groups is 1. The van der Waals surface area contributed by atoms with Crippen LogP contribution in [0.2, 0.25) is 0 Å². The Bertz CT molecular complexity index is 230. The van der Waals surface area contributed by atoms with Crippen LogP contribution in [-0.2, 0) is 4.94 Å². The zero-order valence-corrected chi connectivity index (χ0v) is 6.37. The van der Waals surface area contributed by atoms with E-state index in [4.69, 9.17) is 0 Å². The zero-order chi connectivity index (χ0) is 8.10. The smallest absolute Gasteiger partial charge is 0.0741 e. The molecular formula is C8H10N2O. The average Bonchev–Trinajstić information content (AvgIpc) is 2.04. The molecule has 3 heteroatoms. The van der Waals surface area contributed by atoms with E-state index in [0.717, 1.165) is 5.69 Å². The lowest BCUT2D eigenvalue weighted by Gasteiger charge is -2.00. The van der Waals surface area contributed by atoms with Crippen LogP contribution in [-0.4, -0.2) is 6.72 Å². The van der Waals surface area contributed by atoms with Crippen LogP contribution < -0.4 is 5.48 Å². The molecule has 58 valence electrons. The molecule has 1 N–H and O–H groups in total. The fraction of sp³-hybridized carbons (Fsp3) is 0.125. The van der Waals surface area contributed by atoms with Crippen molar-refractivity contribution in [2.75, 3.05) is 5.48 Å². The van der Waals surface area contributed by atoms with E-state index in [1.54, 1.807) is 0 Å². The summed E-state index contributed by atoms with van der Waals surface area (Å²) in [6, 6.07) is 7.77. The quantitative estimate of drug-likeness (QED) is 0.527. The molecule has 0 unspecified atom stereocenters. The van der Waals surface area contributed by atoms with Crippen molar-refractivity contribution in [3.8, 4) is 0 Å². The molecule has 0 radical (unpaired) electrons. The van der Waals surface area contributed by atoms with Crippen molar-refractivity contribution >= 4 is 12.4 Å². The number of hydrogen-bond acceptors (Lipinski definition) is 3. The minimum absolute atomic E-state index is 0.864. The van der Waals surface area contributed by atoms with Gasteiger partial charge in [0.25, 0.3) is 0 Å². The van der Waals surface area contributed by atoms with Crippen LogP contribution in [0.4, 0.5) is 5.69 Å². The van der Waals surface area contributed by atoms with Crippen molar-refractivity contribution < 1.29 is 4.94 Å². The van der Waals surface area contributed by atoms with Crippen molar-refractivity contribution in [3.05, 3.63) is 29.8 Å². The second-order valence-corrected chi connectivity index (χ2v) is 2.19. The SMILES string of the molecule is C=NONc1ccc(C)cc1. The molecule has 0 spiro atoms. The molecule has 0 aliphatic rings. The van der Waals surface area contributed by atoms with Crippen molar-refractivity contribution in [2.45, 2.75) is 6.92 Å². The normalized spacial score (nSPS) is 8.82. The first-order valence-electron chi connectivity index (χ1n) is 3.27. The highest BCUT2D eigenvalue weighted by molar-refractivity contribution is 5.42. The molecule has 0 aliphatic heterocycles. The second kappa shape index (κ2) is 3.61. The van der Waals surface area contributed by atoms with Gasteiger partial charge in [0.05, 0.1) is 5.69 Å². The first-order chi connectivity index (χ1) is 5.33. The van der Waals surface area contributed by atoms with Gasteiger partial charge in [0.15, 0.2) is 0 Å². The van der Waals surface area contributed by atoms with E-state index in [0.29, 0.717) is 0 Å². The van der Waals surface area contributed by atoms with Gasteiger partial charge >= 0.3 is 0 Å². The van der Waals surface area contributed by atoms with Gasteiger partial charge in [-0.2, -0.15) is 5.48 Å². The number of benzene rings is 1. The molecular weight excluding hydrogens is 140 g/mol. The molecule has 0 bridgehead atoms. The third kappa shape index (κ3) is 2.29. The summed E-state index contributed by atoms with van der Waals surface area (Å²) in [5, 5.41) is 3.19. The molecule has 11 heavy (non-hydrogen) atoms. The Morgan fingerprint density at radius 3 is 2.55 bits per heavy atom. The van der Waals surface area contributed by atoms with Crippen LogP contribution >= 0.6 is 0 Å². The molecule has 0 saturated heterocycles. The fourth-order valence-corrected chi connectivity index (χ4v) is 0.707. The van der Waals surface area contributed by atoms with Gasteiger partial charge in [0.1, 0.15) is 0 Å². The molecule has 1 rings (SSSR count). The van der Waals surface area contributed by atoms with E-state index in [2.05, 4.69) is 22.3 Å². The van der Waals surface area contributed by atoms with Crippen LogP contribution in [0.1, 0.15) is 5.56 Å². The minimum Gasteiger partial charge on any atom is -0.271 e. The maximum atomic E-state index is 4.52. The van der Waals surface area contributed by atoms with Gasteiger partial charge in [0.2, 0.25) is 0 Å². The Balaban J connectivity index is 2.58. The number of anilines is 1. The predicted octanol–water partition coefficient (Wildman–Crippen LogP) is 1.95. The third-order valence-corrected chi connectivity index (χ3v) is 1.28. The summed E-state index contributed by atoms with van der Waals surface area (Å²) in [6.07, 6.45) is 0. The molecule has 1 aromatic rings. The second-order valence-electron chi connectivity index (χ2n) is 2.19. The van der Waals surface area contributed by atoms with Crippen LogP contribution in [0.3, 0.4) is 0 Å². The van der Waals surface area contributed by atoms with Crippen LogP contribution in [0.5, 0.6) is 0 Å². The highest BCUT2D eigenvalue weighted by atomic mass is 16.8. The van der Waals surface area contributed by atoms with Gasteiger partial charge < -0.3 is 0 Å². The summed E-state index contributed by atoms with van der Waals surface area (Å²) in [5.41, 5.74) is 4.67. The summed E-state index contributed by atoms with van der Waals surface area (Å²) in [5.74, 6) is 0. The van der Waals surface area contributed by atoms with Gasteiger partial charge in [-0.25, -0.2) is 0 Å². The van der Waals surface area contributed by atoms with Gasteiger partial charge in [0, 0.05) is 6.72 Å². The predicted molar refractivity (Wildman–Crippen MR) is 45.4 cm³/mol. The van der Waals surface area contributed by atoms with Gasteiger partial charge in [-0.3, -0.25) is 4.94 Å². The number of aryl methyl sites for hydroxylation is 1. The Morgan fingerprint density at radius 1 is 1.36 bits per heavy atom. The van der Waals surface area contributed by atoms with Crippen LogP contribution in [0.15, 0.2) is 29.4 Å². The summed E-state index contributed by atoms with van der Waals surface area (Å²) < 4.78 is 0. The lowest BCUT2D eigenvalue weighted by atomic mass is 10.2. The number of nitrogens with one attached hydrogen (secondary N) is 1. The van der Waals surface area contributed by atoms with Crippen molar-refractivity contribution in [3.63, 3.8) is 0 Å². The lowest BCUT2D eigenvalue weighted by molar-refractivity contribution is 0.211. The Kier molecular flexibility index (Phi) is 2.49. The van der Waals surface area contributed by atoms with Crippen LogP contribution in [0, 0.1) is 6.92 Å². The molecule has 3 nitrogen and oxygen atoms in total. The molecule has 0 aliphatic carbocycles. The summed E-state index contributed by atoms with van der Waals surface area (Å²) in [4.78, 5) is 4.52. The van der Waals surface area contributed by atoms with Crippen molar-refractivity contribution in [1.82, 2.24) is 0 Å². The molecule has 0 heterocycles. The van der Waals surface area contributed by atoms with Gasteiger partial charge in [-0.05, 0) is 19.1 Å². The Hall–Kier alpha value is -1.51. The topological polar surface area (TPSA) is 33.6 Å². The van der Waals surface area contributed by atoms with E-state index in [-0.39, 0.29) is 0 Å². The maximum Gasteiger partial charge on any atom is 0.0741 e. The lowest BCUT2D eigenvalue weighted by Crippen LogP contribution is -1.93. The Labute approximate surface area is 65.6 Å². The fourth-order valence-electron chi connectivity index (χ4n) is 0.707. The first kappa shape index (κ1) is 7.60. The summed E-state index contributed by atoms with van der Waals surface area (Å²) in [6.45, 7) is 5.18. The zero-order valence-electron chi connectivity index (χ0n) is 6.37. The number of rotatable bonds is 3. The van der Waals surface area contributed by atoms with E-state index in [1.165, 1.54) is 5.56 Å². The third-order valence-electron chi connectivity index (χ3n) is 1.28. The molecule has 1 aromatic carbocycles. The largest absolute Gasteiger partial charge is 0.271 e. The van der Waals surface area contributed by atoms with Gasteiger partial charge in [-0.15, -0.1) is 0 Å². The van der Waals surface area contributed by atoms with E-state index < -0.39 is 0 Å². The highest BCUT2D eigenvalue weighted by Gasteiger charge is 1.88. The maximum absolute atomic E-state index is 4.52. The number of nitrogens with zero attached hydrogens (tertiary/aromatic N) is 1. The summed E-state index contributed by atoms with van der Waals surface area (Å²) in [7, 11) is 0. The van der Waals surface area contributed by atoms with Gasteiger partial charge in [-0.1, -0.05) is 22.9 Å². The molecule has 0 aromatic heterocycles. The first-order valence-corrected chi connectivity index (χ1v) is 3.27. The Morgan fingerprint density at radius 2 is 2.00 bits per heavy atom. The average molecular weight is 150 g/mol. The van der Waals surface area contributed by atoms with Crippen LogP contribution in [0.25, 0.3) is 0 Å². The summed E-state index contributed by atoms with van der Waals surface area (Å²) >= 11 is 0. The molecule has 0 atom stereocenters. The number of hydrogen-bond donors (Lipinski definition) is 1. The molecule has 0 fully saturated rings. The van der Waals surface area contributed by atoms with E-state index >= 15 is 0 Å². The standard InChI is InChI=1S/C8H10N2O/c1-7-3-5-8(6-4-7)10-11-9-2/h3-6,10H,2H2,1H3. The molecule has 0 saturated carbocycles.